The van der Waals surface area contributed by atoms with Crippen LogP contribution in [0.15, 0.2) is 36.9 Å². The standard InChI is InChI=1S/C26H27F2N3O5.CH4/c1-2-3-15-23-19(30-26(15)36-21-13-35-24-20(32)12-34-25(21)24)5-4-18(29-23)22-16(27)10-14(11-17(22)28)31-6-8-33-9-7-31;/h2,4-5,10-11,20-21,24-25,30,32H,1,3,6-9,12-13H2;1H4/t20-,21-,24?,25-;/m1./s1. The van der Waals surface area contributed by atoms with Crippen molar-refractivity contribution in [3.05, 3.63) is 54.1 Å². The number of aliphatic hydroxyl groups excluding tert-OH is 1. The Hall–Kier alpha value is -3.05. The molecular formula is C27H31F2N3O5. The molecule has 1 aromatic carbocycles. The Morgan fingerprint density at radius 1 is 1.14 bits per heavy atom. The monoisotopic (exact) mass is 515 g/mol. The average Bonchev–Trinajstić information content (AvgIpc) is 3.55. The molecule has 6 rings (SSSR count). The van der Waals surface area contributed by atoms with Crippen LogP contribution in [0.5, 0.6) is 5.88 Å². The van der Waals surface area contributed by atoms with E-state index >= 15 is 8.78 Å². The summed E-state index contributed by atoms with van der Waals surface area (Å²) in [5.74, 6) is -0.879. The number of nitrogens with one attached hydrogen (secondary N) is 1. The number of hydrogen-bond acceptors (Lipinski definition) is 7. The van der Waals surface area contributed by atoms with E-state index < -0.39 is 29.9 Å². The summed E-state index contributed by atoms with van der Waals surface area (Å²) in [6.07, 6.45) is 0.260. The molecule has 3 aromatic rings. The molecule has 0 amide bonds. The third-order valence-corrected chi connectivity index (χ3v) is 6.96. The first-order valence-electron chi connectivity index (χ1n) is 12.1. The second-order valence-corrected chi connectivity index (χ2v) is 9.22. The number of benzene rings is 1. The zero-order valence-electron chi connectivity index (χ0n) is 19.6. The van der Waals surface area contributed by atoms with Gasteiger partial charge >= 0.3 is 0 Å². The highest BCUT2D eigenvalue weighted by Crippen LogP contribution is 2.36. The number of pyridine rings is 1. The number of aromatic nitrogens is 2. The van der Waals surface area contributed by atoms with Crippen molar-refractivity contribution in [2.45, 2.75) is 38.3 Å². The fourth-order valence-corrected chi connectivity index (χ4v) is 5.17. The van der Waals surface area contributed by atoms with Gasteiger partial charge in [-0.3, -0.25) is 0 Å². The summed E-state index contributed by atoms with van der Waals surface area (Å²) in [6.45, 7) is 6.51. The summed E-state index contributed by atoms with van der Waals surface area (Å²) in [4.78, 5) is 9.74. The minimum atomic E-state index is -0.678. The summed E-state index contributed by atoms with van der Waals surface area (Å²) < 4.78 is 53.3. The van der Waals surface area contributed by atoms with Crippen LogP contribution < -0.4 is 9.64 Å². The maximum absolute atomic E-state index is 15.2. The predicted molar refractivity (Wildman–Crippen MR) is 135 cm³/mol. The van der Waals surface area contributed by atoms with Crippen molar-refractivity contribution >= 4 is 16.7 Å². The van der Waals surface area contributed by atoms with Crippen LogP contribution in [0.2, 0.25) is 0 Å². The Morgan fingerprint density at radius 3 is 2.59 bits per heavy atom. The van der Waals surface area contributed by atoms with Gasteiger partial charge in [0, 0.05) is 24.3 Å². The number of anilines is 1. The Kier molecular flexibility index (Phi) is 7.17. The van der Waals surface area contributed by atoms with E-state index in [0.717, 1.165) is 5.56 Å². The molecule has 3 saturated heterocycles. The van der Waals surface area contributed by atoms with E-state index in [-0.39, 0.29) is 38.0 Å². The summed E-state index contributed by atoms with van der Waals surface area (Å²) in [6, 6.07) is 6.01. The van der Waals surface area contributed by atoms with Crippen LogP contribution in [0.4, 0.5) is 14.5 Å². The van der Waals surface area contributed by atoms with Gasteiger partial charge in [-0.2, -0.15) is 0 Å². The minimum absolute atomic E-state index is 0. The van der Waals surface area contributed by atoms with E-state index in [2.05, 4.69) is 16.5 Å². The van der Waals surface area contributed by atoms with E-state index in [1.165, 1.54) is 12.1 Å². The Morgan fingerprint density at radius 2 is 1.86 bits per heavy atom. The molecule has 0 saturated carbocycles. The van der Waals surface area contributed by atoms with Crippen molar-refractivity contribution < 1.29 is 32.8 Å². The number of ether oxygens (including phenoxy) is 4. The number of rotatable bonds is 6. The van der Waals surface area contributed by atoms with Crippen molar-refractivity contribution in [3.8, 4) is 17.1 Å². The largest absolute Gasteiger partial charge is 0.470 e. The Bertz CT molecular complexity index is 1270. The average molecular weight is 516 g/mol. The van der Waals surface area contributed by atoms with E-state index in [1.54, 1.807) is 18.2 Å². The molecule has 1 unspecified atom stereocenters. The van der Waals surface area contributed by atoms with Gasteiger partial charge < -0.3 is 33.9 Å². The maximum Gasteiger partial charge on any atom is 0.197 e. The SMILES string of the molecule is C.C=CCc1c(O[C@@H]2COC3[C@H](O)CO[C@@H]32)[nH]c2ccc(-c3c(F)cc(N4CCOCC4)cc3F)nc12. The molecule has 0 radical (unpaired) electrons. The number of halogens is 2. The highest BCUT2D eigenvalue weighted by molar-refractivity contribution is 5.85. The first-order chi connectivity index (χ1) is 17.5. The first kappa shape index (κ1) is 25.6. The first-order valence-corrected chi connectivity index (χ1v) is 12.1. The fraction of sp³-hybridized carbons (Fsp3) is 0.444. The van der Waals surface area contributed by atoms with Gasteiger partial charge in [0.1, 0.15) is 29.9 Å². The molecule has 3 aliphatic heterocycles. The van der Waals surface area contributed by atoms with E-state index in [4.69, 9.17) is 18.9 Å². The lowest BCUT2D eigenvalue weighted by Gasteiger charge is -2.29. The lowest BCUT2D eigenvalue weighted by molar-refractivity contribution is 0.00779. The van der Waals surface area contributed by atoms with Crippen molar-refractivity contribution in [2.75, 3.05) is 44.4 Å². The minimum Gasteiger partial charge on any atom is -0.470 e. The Balaban J connectivity index is 0.00000280. The summed E-state index contributed by atoms with van der Waals surface area (Å²) in [7, 11) is 0. The molecule has 4 atom stereocenters. The molecular weight excluding hydrogens is 484 g/mol. The van der Waals surface area contributed by atoms with Crippen molar-refractivity contribution in [1.29, 1.82) is 0 Å². The number of hydrogen-bond donors (Lipinski definition) is 2. The maximum atomic E-state index is 15.2. The molecule has 0 bridgehead atoms. The van der Waals surface area contributed by atoms with Crippen LogP contribution in [0.3, 0.4) is 0 Å². The summed E-state index contributed by atoms with van der Waals surface area (Å²) in [5, 5.41) is 10.0. The topological polar surface area (TPSA) is 89.1 Å². The van der Waals surface area contributed by atoms with Crippen LogP contribution in [0, 0.1) is 11.6 Å². The van der Waals surface area contributed by atoms with Gasteiger partial charge in [-0.25, -0.2) is 13.8 Å². The molecule has 3 fully saturated rings. The highest BCUT2D eigenvalue weighted by atomic mass is 19.1. The van der Waals surface area contributed by atoms with Gasteiger partial charge in [0.15, 0.2) is 12.0 Å². The second-order valence-electron chi connectivity index (χ2n) is 9.22. The molecule has 0 spiro atoms. The van der Waals surface area contributed by atoms with E-state index in [9.17, 15) is 5.11 Å². The molecule has 198 valence electrons. The van der Waals surface area contributed by atoms with Crippen LogP contribution in [-0.4, -0.2) is 79.0 Å². The molecule has 5 heterocycles. The summed E-state index contributed by atoms with van der Waals surface area (Å²) in [5.41, 5.74) is 2.42. The molecule has 10 heteroatoms. The smallest absolute Gasteiger partial charge is 0.197 e. The number of aliphatic hydroxyl groups is 1. The molecule has 37 heavy (non-hydrogen) atoms. The van der Waals surface area contributed by atoms with Gasteiger partial charge in [0.2, 0.25) is 0 Å². The molecule has 2 N–H and O–H groups in total. The summed E-state index contributed by atoms with van der Waals surface area (Å²) >= 11 is 0. The number of morpholine rings is 1. The lowest BCUT2D eigenvalue weighted by Crippen LogP contribution is -2.36. The number of fused-ring (bicyclic) bond motifs is 2. The number of nitrogens with zero attached hydrogens (tertiary/aromatic N) is 2. The van der Waals surface area contributed by atoms with Crippen LogP contribution in [0.25, 0.3) is 22.3 Å². The lowest BCUT2D eigenvalue weighted by atomic mass is 10.1. The van der Waals surface area contributed by atoms with Crippen LogP contribution in [0.1, 0.15) is 13.0 Å². The van der Waals surface area contributed by atoms with Crippen LogP contribution in [-0.2, 0) is 20.6 Å². The van der Waals surface area contributed by atoms with Crippen LogP contribution >= 0.6 is 0 Å². The number of H-pyrrole nitrogens is 1. The van der Waals surface area contributed by atoms with E-state index in [0.29, 0.717) is 55.3 Å². The quantitative estimate of drug-likeness (QED) is 0.485. The predicted octanol–water partition coefficient (Wildman–Crippen LogP) is 3.62. The zero-order chi connectivity index (χ0) is 24.8. The third-order valence-electron chi connectivity index (χ3n) is 6.96. The Labute approximate surface area is 213 Å². The van der Waals surface area contributed by atoms with Gasteiger partial charge in [-0.1, -0.05) is 13.5 Å². The normalized spacial score (nSPS) is 25.2. The highest BCUT2D eigenvalue weighted by Gasteiger charge is 2.48. The van der Waals surface area contributed by atoms with E-state index in [1.807, 2.05) is 4.90 Å². The fourth-order valence-electron chi connectivity index (χ4n) is 5.17. The van der Waals surface area contributed by atoms with Gasteiger partial charge in [-0.05, 0) is 30.7 Å². The molecule has 3 aliphatic rings. The van der Waals surface area contributed by atoms with Gasteiger partial charge in [0.25, 0.3) is 0 Å². The van der Waals surface area contributed by atoms with Crippen molar-refractivity contribution in [1.82, 2.24) is 9.97 Å². The number of aromatic amines is 1. The van der Waals surface area contributed by atoms with Crippen molar-refractivity contribution in [2.24, 2.45) is 0 Å². The zero-order valence-corrected chi connectivity index (χ0v) is 19.6. The molecule has 2 aromatic heterocycles. The van der Waals surface area contributed by atoms with Crippen molar-refractivity contribution in [3.63, 3.8) is 0 Å². The molecule has 8 nitrogen and oxygen atoms in total. The van der Waals surface area contributed by atoms with Gasteiger partial charge in [0.05, 0.1) is 48.7 Å². The molecule has 0 aliphatic carbocycles. The van der Waals surface area contributed by atoms with Gasteiger partial charge in [-0.15, -0.1) is 6.58 Å². The third kappa shape index (κ3) is 4.59. The number of allylic oxidation sites excluding steroid dienone is 1. The second kappa shape index (κ2) is 10.4.